The Hall–Kier alpha value is -2.72. The number of piperazine rings is 1. The quantitative estimate of drug-likeness (QED) is 0.557. The van der Waals surface area contributed by atoms with Crippen molar-refractivity contribution in [3.63, 3.8) is 0 Å². The Morgan fingerprint density at radius 1 is 1.13 bits per heavy atom. The van der Waals surface area contributed by atoms with E-state index < -0.39 is 27.3 Å². The molecule has 1 aliphatic heterocycles. The minimum Gasteiger partial charge on any atom is -0.494 e. The van der Waals surface area contributed by atoms with E-state index in [1.54, 1.807) is 23.3 Å². The Morgan fingerprint density at radius 3 is 2.50 bits per heavy atom. The molecule has 10 heteroatoms. The summed E-state index contributed by atoms with van der Waals surface area (Å²) in [7, 11) is -2.20. The van der Waals surface area contributed by atoms with E-state index in [0.717, 1.165) is 33.2 Å². The van der Waals surface area contributed by atoms with Crippen LogP contribution in [0.25, 0.3) is 10.2 Å². The van der Waals surface area contributed by atoms with Crippen molar-refractivity contribution in [2.24, 2.45) is 0 Å². The maximum absolute atomic E-state index is 13.0. The number of fused-ring (bicyclic) bond motifs is 1. The zero-order valence-corrected chi connectivity index (χ0v) is 17.9. The van der Waals surface area contributed by atoms with E-state index in [2.05, 4.69) is 9.88 Å². The molecule has 2 heterocycles. The maximum Gasteiger partial charge on any atom is 0.238 e. The summed E-state index contributed by atoms with van der Waals surface area (Å²) in [6.07, 6.45) is 0. The first-order valence-electron chi connectivity index (χ1n) is 9.32. The average molecular weight is 450 g/mol. The highest BCUT2D eigenvalue weighted by Gasteiger charge is 2.27. The molecule has 0 unspecified atom stereocenters. The van der Waals surface area contributed by atoms with Crippen LogP contribution in [0.1, 0.15) is 0 Å². The summed E-state index contributed by atoms with van der Waals surface area (Å²) in [5, 5.41) is 0.848. The van der Waals surface area contributed by atoms with Crippen molar-refractivity contribution in [2.45, 2.75) is 4.90 Å². The number of thiazole rings is 1. The molecule has 0 atom stereocenters. The van der Waals surface area contributed by atoms with Gasteiger partial charge in [-0.3, -0.25) is 4.79 Å². The van der Waals surface area contributed by atoms with Crippen molar-refractivity contribution in [2.75, 3.05) is 43.9 Å². The fraction of sp³-hybridized carbons (Fsp3) is 0.300. The predicted octanol–water partition coefficient (Wildman–Crippen LogP) is 2.57. The molecule has 4 rings (SSSR count). The number of methoxy groups -OCH3 is 1. The van der Waals surface area contributed by atoms with Crippen LogP contribution < -0.4 is 9.64 Å². The van der Waals surface area contributed by atoms with Gasteiger partial charge in [-0.15, -0.1) is 0 Å². The van der Waals surface area contributed by atoms with Crippen LogP contribution >= 0.6 is 11.3 Å². The Morgan fingerprint density at radius 2 is 1.83 bits per heavy atom. The molecular weight excluding hydrogens is 429 g/mol. The number of anilines is 1. The van der Waals surface area contributed by atoms with Gasteiger partial charge in [0.15, 0.2) is 15.0 Å². The van der Waals surface area contributed by atoms with E-state index >= 15 is 0 Å². The molecule has 1 aliphatic rings. The van der Waals surface area contributed by atoms with Gasteiger partial charge in [0.2, 0.25) is 5.91 Å². The lowest BCUT2D eigenvalue weighted by Gasteiger charge is -2.34. The van der Waals surface area contributed by atoms with Crippen LogP contribution in [0.2, 0.25) is 0 Å². The van der Waals surface area contributed by atoms with Crippen LogP contribution in [0.5, 0.6) is 5.75 Å². The molecule has 0 spiro atoms. The van der Waals surface area contributed by atoms with Crippen LogP contribution in [-0.4, -0.2) is 63.3 Å². The number of hydrogen-bond donors (Lipinski definition) is 0. The molecule has 1 amide bonds. The second kappa shape index (κ2) is 8.19. The van der Waals surface area contributed by atoms with Crippen LogP contribution in [-0.2, 0) is 14.6 Å². The van der Waals surface area contributed by atoms with Gasteiger partial charge in [-0.05, 0) is 36.4 Å². The number of amides is 1. The molecule has 3 aromatic rings. The minimum absolute atomic E-state index is 0.0562. The standard InChI is InChI=1S/C20H20FN3O4S2/c1-28-16-3-2-4-17-19(16)22-20(29-17)24-11-9-23(10-12-24)18(25)13-30(26,27)15-7-5-14(21)6-8-15/h2-8H,9-13H2,1H3. The third kappa shape index (κ3) is 4.10. The van der Waals surface area contributed by atoms with Gasteiger partial charge in [-0.1, -0.05) is 17.4 Å². The second-order valence-corrected chi connectivity index (χ2v) is 9.88. The molecule has 30 heavy (non-hydrogen) atoms. The van der Waals surface area contributed by atoms with E-state index in [0.29, 0.717) is 26.2 Å². The number of ether oxygens (including phenoxy) is 1. The van der Waals surface area contributed by atoms with Crippen LogP contribution in [0, 0.1) is 5.82 Å². The monoisotopic (exact) mass is 449 g/mol. The first kappa shape index (κ1) is 20.5. The smallest absolute Gasteiger partial charge is 0.238 e. The largest absolute Gasteiger partial charge is 0.494 e. The van der Waals surface area contributed by atoms with E-state index in [9.17, 15) is 17.6 Å². The van der Waals surface area contributed by atoms with Crippen LogP contribution in [0.15, 0.2) is 47.4 Å². The number of halogens is 1. The van der Waals surface area contributed by atoms with Gasteiger partial charge in [-0.2, -0.15) is 0 Å². The summed E-state index contributed by atoms with van der Waals surface area (Å²) < 4.78 is 44.3. The number of hydrogen-bond acceptors (Lipinski definition) is 7. The lowest BCUT2D eigenvalue weighted by atomic mass is 10.3. The van der Waals surface area contributed by atoms with Gasteiger partial charge in [0, 0.05) is 26.2 Å². The van der Waals surface area contributed by atoms with Gasteiger partial charge in [-0.25, -0.2) is 17.8 Å². The van der Waals surface area contributed by atoms with E-state index in [-0.39, 0.29) is 4.90 Å². The van der Waals surface area contributed by atoms with Crippen molar-refractivity contribution in [3.05, 3.63) is 48.3 Å². The van der Waals surface area contributed by atoms with E-state index in [4.69, 9.17) is 4.74 Å². The van der Waals surface area contributed by atoms with Crippen molar-refractivity contribution in [1.82, 2.24) is 9.88 Å². The fourth-order valence-corrected chi connectivity index (χ4v) is 5.60. The zero-order valence-electron chi connectivity index (χ0n) is 16.2. The molecule has 0 saturated carbocycles. The Labute approximate surface area is 177 Å². The number of rotatable bonds is 5. The molecule has 0 bridgehead atoms. The lowest BCUT2D eigenvalue weighted by molar-refractivity contribution is -0.128. The average Bonchev–Trinajstić information content (AvgIpc) is 3.18. The zero-order chi connectivity index (χ0) is 21.3. The number of nitrogens with zero attached hydrogens (tertiary/aromatic N) is 3. The summed E-state index contributed by atoms with van der Waals surface area (Å²) in [4.78, 5) is 20.8. The number of carbonyl (C=O) groups excluding carboxylic acids is 1. The van der Waals surface area contributed by atoms with E-state index in [1.165, 1.54) is 12.1 Å². The summed E-state index contributed by atoms with van der Waals surface area (Å²) in [5.74, 6) is -0.889. The third-order valence-electron chi connectivity index (χ3n) is 4.98. The molecular formula is C20H20FN3O4S2. The van der Waals surface area contributed by atoms with E-state index in [1.807, 2.05) is 18.2 Å². The molecule has 7 nitrogen and oxygen atoms in total. The van der Waals surface area contributed by atoms with Gasteiger partial charge in [0.1, 0.15) is 22.8 Å². The number of carbonyl (C=O) groups is 1. The third-order valence-corrected chi connectivity index (χ3v) is 7.68. The number of para-hydroxylation sites is 1. The number of sulfone groups is 1. The molecule has 1 aromatic heterocycles. The molecule has 1 saturated heterocycles. The van der Waals surface area contributed by atoms with Crippen molar-refractivity contribution in [3.8, 4) is 5.75 Å². The number of benzene rings is 2. The summed E-state index contributed by atoms with van der Waals surface area (Å²) in [6, 6.07) is 10.3. The first-order valence-corrected chi connectivity index (χ1v) is 11.8. The minimum atomic E-state index is -3.81. The molecule has 1 fully saturated rings. The molecule has 2 aromatic carbocycles. The summed E-state index contributed by atoms with van der Waals surface area (Å²) >= 11 is 1.56. The fourth-order valence-electron chi connectivity index (χ4n) is 3.34. The van der Waals surface area contributed by atoms with Gasteiger partial charge in [0.05, 0.1) is 16.7 Å². The maximum atomic E-state index is 13.0. The van der Waals surface area contributed by atoms with Crippen LogP contribution in [0.3, 0.4) is 0 Å². The summed E-state index contributed by atoms with van der Waals surface area (Å²) in [6.45, 7) is 1.94. The summed E-state index contributed by atoms with van der Waals surface area (Å²) in [5.41, 5.74) is 0.809. The molecule has 0 radical (unpaired) electrons. The second-order valence-electron chi connectivity index (χ2n) is 6.88. The normalized spacial score (nSPS) is 14.9. The highest BCUT2D eigenvalue weighted by molar-refractivity contribution is 7.92. The van der Waals surface area contributed by atoms with Gasteiger partial charge >= 0.3 is 0 Å². The van der Waals surface area contributed by atoms with Gasteiger partial charge in [0.25, 0.3) is 0 Å². The highest BCUT2D eigenvalue weighted by atomic mass is 32.2. The van der Waals surface area contributed by atoms with Crippen molar-refractivity contribution in [1.29, 1.82) is 0 Å². The highest BCUT2D eigenvalue weighted by Crippen LogP contribution is 2.34. The van der Waals surface area contributed by atoms with Crippen molar-refractivity contribution < 1.29 is 22.3 Å². The van der Waals surface area contributed by atoms with Gasteiger partial charge < -0.3 is 14.5 Å². The Kier molecular flexibility index (Phi) is 5.61. The topological polar surface area (TPSA) is 79.8 Å². The lowest BCUT2D eigenvalue weighted by Crippen LogP contribution is -2.50. The molecule has 0 N–H and O–H groups in total. The molecule has 0 aliphatic carbocycles. The molecule has 158 valence electrons. The predicted molar refractivity (Wildman–Crippen MR) is 113 cm³/mol. The van der Waals surface area contributed by atoms with Crippen LogP contribution in [0.4, 0.5) is 9.52 Å². The SMILES string of the molecule is COc1cccc2sc(N3CCN(C(=O)CS(=O)(=O)c4ccc(F)cc4)CC3)nc12. The first-order chi connectivity index (χ1) is 14.4. The Balaban J connectivity index is 1.40. The Bertz CT molecular complexity index is 1170. The number of aromatic nitrogens is 1. The van der Waals surface area contributed by atoms with Crippen molar-refractivity contribution >= 4 is 42.4 Å².